The molecule has 3 N–H and O–H groups in total. The molecule has 0 saturated heterocycles. The number of methoxy groups -OCH3 is 2. The quantitative estimate of drug-likeness (QED) is 0.281. The first-order valence-corrected chi connectivity index (χ1v) is 14.2. The van der Waals surface area contributed by atoms with Crippen LogP contribution in [0.5, 0.6) is 17.2 Å². The smallest absolute Gasteiger partial charge is 0.328 e. The third-order valence-electron chi connectivity index (χ3n) is 6.43. The second-order valence-electron chi connectivity index (χ2n) is 9.16. The predicted octanol–water partition coefficient (Wildman–Crippen LogP) is 4.83. The second-order valence-corrected chi connectivity index (χ2v) is 10.9. The van der Waals surface area contributed by atoms with Gasteiger partial charge in [0.05, 0.1) is 33.4 Å². The molecule has 0 aliphatic heterocycles. The van der Waals surface area contributed by atoms with Gasteiger partial charge < -0.3 is 29.3 Å². The van der Waals surface area contributed by atoms with Gasteiger partial charge in [0.15, 0.2) is 11.5 Å². The van der Waals surface area contributed by atoms with Gasteiger partial charge in [-0.1, -0.05) is 12.1 Å². The Bertz CT molecular complexity index is 1490. The van der Waals surface area contributed by atoms with Crippen LogP contribution in [-0.4, -0.2) is 47.7 Å². The molecule has 0 atom stereocenters. The van der Waals surface area contributed by atoms with Gasteiger partial charge in [-0.3, -0.25) is 14.3 Å². The van der Waals surface area contributed by atoms with E-state index in [0.717, 1.165) is 27.8 Å². The van der Waals surface area contributed by atoms with Gasteiger partial charge in [0.2, 0.25) is 11.7 Å². The van der Waals surface area contributed by atoms with Crippen LogP contribution in [0.15, 0.2) is 60.4 Å². The van der Waals surface area contributed by atoms with Crippen LogP contribution in [0.2, 0.25) is 0 Å². The largest absolute Gasteiger partial charge is 0.493 e. The fourth-order valence-electron chi connectivity index (χ4n) is 4.47. The first kappa shape index (κ1) is 29.0. The van der Waals surface area contributed by atoms with Crippen LogP contribution in [0.3, 0.4) is 0 Å². The average molecular weight is 569 g/mol. The van der Waals surface area contributed by atoms with Gasteiger partial charge in [0.1, 0.15) is 5.82 Å². The molecular formula is C29H30FN2O7P. The van der Waals surface area contributed by atoms with Crippen molar-refractivity contribution in [2.75, 3.05) is 27.0 Å². The summed E-state index contributed by atoms with van der Waals surface area (Å²) in [6.45, 7) is 1.99. The van der Waals surface area contributed by atoms with Crippen LogP contribution in [0.25, 0.3) is 17.2 Å². The van der Waals surface area contributed by atoms with Crippen molar-refractivity contribution < 1.29 is 37.7 Å². The van der Waals surface area contributed by atoms with E-state index >= 15 is 0 Å². The van der Waals surface area contributed by atoms with Crippen molar-refractivity contribution in [1.29, 1.82) is 0 Å². The van der Waals surface area contributed by atoms with Crippen LogP contribution in [0.4, 0.5) is 4.39 Å². The van der Waals surface area contributed by atoms with Crippen molar-refractivity contribution in [3.05, 3.63) is 88.5 Å². The molecule has 4 rings (SSSR count). The Morgan fingerprint density at radius 1 is 1.10 bits per heavy atom. The average Bonchev–Trinajstić information content (AvgIpc) is 3.17. The van der Waals surface area contributed by atoms with Gasteiger partial charge in [0.25, 0.3) is 0 Å². The molecule has 9 nitrogen and oxygen atoms in total. The lowest BCUT2D eigenvalue weighted by Crippen LogP contribution is -2.22. The molecule has 0 unspecified atom stereocenters. The Hall–Kier alpha value is -3.98. The van der Waals surface area contributed by atoms with Gasteiger partial charge in [-0.05, 0) is 82.3 Å². The number of benzene rings is 2. The fraction of sp³-hybridized carbons (Fsp3) is 0.241. The number of amides is 1. The van der Waals surface area contributed by atoms with Crippen LogP contribution in [0.1, 0.15) is 35.6 Å². The van der Waals surface area contributed by atoms with Crippen LogP contribution in [-0.2, 0) is 15.9 Å². The first-order valence-electron chi connectivity index (χ1n) is 12.4. The number of nitrogens with zero attached hydrogens (tertiary/aromatic N) is 1. The van der Waals surface area contributed by atoms with Crippen molar-refractivity contribution >= 4 is 30.7 Å². The molecule has 1 aliphatic carbocycles. The summed E-state index contributed by atoms with van der Waals surface area (Å²) in [5.74, 6) is 0.237. The van der Waals surface area contributed by atoms with Gasteiger partial charge in [-0.2, -0.15) is 0 Å². The summed E-state index contributed by atoms with van der Waals surface area (Å²) >= 11 is 0. The van der Waals surface area contributed by atoms with Crippen molar-refractivity contribution in [2.24, 2.45) is 0 Å². The summed E-state index contributed by atoms with van der Waals surface area (Å²) in [6.07, 6.45) is 4.84. The van der Waals surface area contributed by atoms with E-state index in [2.05, 4.69) is 10.3 Å². The Morgan fingerprint density at radius 2 is 1.82 bits per heavy atom. The molecule has 0 fully saturated rings. The highest BCUT2D eigenvalue weighted by molar-refractivity contribution is 7.51. The van der Waals surface area contributed by atoms with Gasteiger partial charge in [-0.25, -0.2) is 4.39 Å². The number of carbonyl (C=O) groups excluding carboxylic acids is 1. The Balaban J connectivity index is 1.65. The maximum absolute atomic E-state index is 14.3. The van der Waals surface area contributed by atoms with E-state index in [0.29, 0.717) is 29.2 Å². The lowest BCUT2D eigenvalue weighted by molar-refractivity contribution is -0.120. The number of rotatable bonds is 11. The molecule has 0 radical (unpaired) electrons. The van der Waals surface area contributed by atoms with Gasteiger partial charge in [0, 0.05) is 18.9 Å². The number of hydrogen-bond donors (Lipinski definition) is 3. The van der Waals surface area contributed by atoms with E-state index in [1.165, 1.54) is 26.4 Å². The number of hydrogen-bond acceptors (Lipinski definition) is 6. The second kappa shape index (κ2) is 12.5. The van der Waals surface area contributed by atoms with E-state index in [1.807, 2.05) is 19.1 Å². The summed E-state index contributed by atoms with van der Waals surface area (Å²) in [5.41, 5.74) is 5.35. The fourth-order valence-corrected chi connectivity index (χ4v) is 4.80. The summed E-state index contributed by atoms with van der Waals surface area (Å²) < 4.78 is 42.1. The Labute approximate surface area is 231 Å². The highest BCUT2D eigenvalue weighted by atomic mass is 31.2. The van der Waals surface area contributed by atoms with Crippen molar-refractivity contribution in [2.45, 2.75) is 19.9 Å². The number of carbonyl (C=O) groups is 1. The van der Waals surface area contributed by atoms with Gasteiger partial charge in [-0.15, -0.1) is 0 Å². The summed E-state index contributed by atoms with van der Waals surface area (Å²) in [5, 5.41) is 2.90. The number of ether oxygens (including phenoxy) is 3. The van der Waals surface area contributed by atoms with Crippen LogP contribution < -0.4 is 19.5 Å². The maximum atomic E-state index is 14.3. The molecule has 0 saturated carbocycles. The summed E-state index contributed by atoms with van der Waals surface area (Å²) in [7, 11) is -1.34. The predicted molar refractivity (Wildman–Crippen MR) is 150 cm³/mol. The molecular weight excluding hydrogens is 538 g/mol. The topological polar surface area (TPSA) is 127 Å². The van der Waals surface area contributed by atoms with Crippen LogP contribution in [0, 0.1) is 5.82 Å². The molecule has 1 amide bonds. The monoisotopic (exact) mass is 568 g/mol. The highest BCUT2D eigenvalue weighted by Crippen LogP contribution is 2.46. The molecule has 1 aliphatic rings. The van der Waals surface area contributed by atoms with E-state index in [9.17, 15) is 13.8 Å². The lowest BCUT2D eigenvalue weighted by Gasteiger charge is -2.16. The van der Waals surface area contributed by atoms with Crippen LogP contribution >= 0.6 is 7.60 Å². The molecule has 1 heterocycles. The van der Waals surface area contributed by atoms with E-state index < -0.39 is 19.6 Å². The zero-order chi connectivity index (χ0) is 28.9. The lowest BCUT2D eigenvalue weighted by atomic mass is 10.00. The molecule has 1 aromatic heterocycles. The number of allylic oxidation sites excluding steroid dienone is 2. The van der Waals surface area contributed by atoms with Crippen molar-refractivity contribution in [3.8, 4) is 17.2 Å². The zero-order valence-electron chi connectivity index (χ0n) is 22.3. The third-order valence-corrected chi connectivity index (χ3v) is 7.19. The van der Waals surface area contributed by atoms with Gasteiger partial charge >= 0.3 is 7.60 Å². The number of fused-ring (bicyclic) bond motifs is 1. The Kier molecular flexibility index (Phi) is 9.04. The minimum Gasteiger partial charge on any atom is -0.493 e. The molecule has 210 valence electrons. The molecule has 2 aromatic carbocycles. The third kappa shape index (κ3) is 6.96. The van der Waals surface area contributed by atoms with Crippen molar-refractivity contribution in [3.63, 3.8) is 0 Å². The normalized spacial score (nSPS) is 13.8. The summed E-state index contributed by atoms with van der Waals surface area (Å²) in [4.78, 5) is 35.2. The molecule has 0 bridgehead atoms. The minimum atomic E-state index is -4.24. The zero-order valence-corrected chi connectivity index (χ0v) is 23.2. The van der Waals surface area contributed by atoms with E-state index in [1.54, 1.807) is 36.7 Å². The standard InChI is InChI=1S/C29H30FN2O7P/c1-18-23(11-20-12-26(37-2)29(27(13-20)38-3)39-9-10-40(34,35)36)22-7-6-21(30)14-25(22)24(18)15-28(33)32-17-19-5-4-8-31-16-19/h4-8,11-14,16H,9-10,15,17H2,1-3H3,(H,32,33)(H2,34,35,36)/b23-11-. The molecule has 11 heteroatoms. The summed E-state index contributed by atoms with van der Waals surface area (Å²) in [6, 6.07) is 11.6. The number of aromatic nitrogens is 1. The first-order chi connectivity index (χ1) is 19.1. The number of nitrogens with one attached hydrogen (secondary N) is 1. The number of pyridine rings is 1. The van der Waals surface area contributed by atoms with E-state index in [4.69, 9.17) is 24.0 Å². The minimum absolute atomic E-state index is 0.0683. The maximum Gasteiger partial charge on any atom is 0.328 e. The van der Waals surface area contributed by atoms with E-state index in [-0.39, 0.29) is 24.7 Å². The van der Waals surface area contributed by atoms with Crippen molar-refractivity contribution in [1.82, 2.24) is 10.3 Å². The number of halogens is 1. The highest BCUT2D eigenvalue weighted by Gasteiger charge is 2.26. The molecule has 40 heavy (non-hydrogen) atoms. The molecule has 3 aromatic rings. The Morgan fingerprint density at radius 3 is 2.45 bits per heavy atom. The molecule has 0 spiro atoms. The SMILES string of the molecule is COc1cc(/C=C2/C(C)=C(CC(=O)NCc3cccnc3)c3cc(F)ccc32)cc(OC)c1OCCP(=O)(O)O.